The second kappa shape index (κ2) is 5.69. The molecule has 80 valence electrons. The van der Waals surface area contributed by atoms with Crippen LogP contribution in [0.3, 0.4) is 0 Å². The molecule has 0 saturated carbocycles. The van der Waals surface area contributed by atoms with E-state index in [9.17, 15) is 19.2 Å². The maximum atomic E-state index is 10.4. The van der Waals surface area contributed by atoms with E-state index in [1.807, 2.05) is 0 Å². The van der Waals surface area contributed by atoms with Crippen molar-refractivity contribution in [3.8, 4) is 0 Å². The van der Waals surface area contributed by atoms with Gasteiger partial charge in [0.2, 0.25) is 0 Å². The van der Waals surface area contributed by atoms with Crippen LogP contribution in [0.4, 0.5) is 0 Å². The fraction of sp³-hybridized carbons (Fsp3) is 0.333. The van der Waals surface area contributed by atoms with E-state index in [1.165, 1.54) is 0 Å². The van der Waals surface area contributed by atoms with E-state index in [4.69, 9.17) is 20.4 Å². The average Bonchev–Trinajstić information content (AvgIpc) is 1.97. The first kappa shape index (κ1) is 16.3. The van der Waals surface area contributed by atoms with E-state index >= 15 is 0 Å². The van der Waals surface area contributed by atoms with Crippen molar-refractivity contribution in [2.45, 2.75) is 6.42 Å². The molecular formula is C6H7NaO8. The molecule has 0 aromatic rings. The van der Waals surface area contributed by atoms with Crippen LogP contribution in [0.5, 0.6) is 0 Å². The molecule has 0 aliphatic heterocycles. The number of hydrogen-bond acceptors (Lipinski definition) is 4. The number of carbonyl (C=O) groups is 4. The maximum absolute atomic E-state index is 10.4. The second-order valence-corrected chi connectivity index (χ2v) is 2.39. The SMILES string of the molecule is O=C(O)CC(C(=O)O)(C(=O)O)C(=O)O.[NaH]. The van der Waals surface area contributed by atoms with Crippen molar-refractivity contribution >= 4 is 53.4 Å². The molecule has 0 saturated heterocycles. The molecular weight excluding hydrogens is 223 g/mol. The summed E-state index contributed by atoms with van der Waals surface area (Å²) in [4.78, 5) is 41.4. The minimum absolute atomic E-state index is 0. The molecule has 0 radical (unpaired) electrons. The van der Waals surface area contributed by atoms with Crippen LogP contribution in [-0.2, 0) is 19.2 Å². The third kappa shape index (κ3) is 3.18. The summed E-state index contributed by atoms with van der Waals surface area (Å²) in [7, 11) is 0. The Hall–Kier alpha value is -1.12. The first-order valence-electron chi connectivity index (χ1n) is 3.17. The van der Waals surface area contributed by atoms with Gasteiger partial charge in [0.15, 0.2) is 0 Å². The number of carboxylic acid groups (broad SMARTS) is 4. The first-order chi connectivity index (χ1) is 6.25. The van der Waals surface area contributed by atoms with Crippen LogP contribution < -0.4 is 0 Å². The van der Waals surface area contributed by atoms with Crippen LogP contribution in [0.1, 0.15) is 6.42 Å². The standard InChI is InChI=1S/C6H6O8.Na.H/c7-2(8)1-6(3(9)10,4(11)12)5(13)14;;/h1H2,(H,7,8)(H,9,10)(H,11,12)(H,13,14);;. The molecule has 15 heavy (non-hydrogen) atoms. The van der Waals surface area contributed by atoms with Gasteiger partial charge in [-0.25, -0.2) is 0 Å². The van der Waals surface area contributed by atoms with Gasteiger partial charge in [0.25, 0.3) is 5.41 Å². The molecule has 0 aromatic carbocycles. The molecule has 0 aliphatic carbocycles. The Morgan fingerprint density at radius 1 is 0.800 bits per heavy atom. The van der Waals surface area contributed by atoms with Crippen LogP contribution in [0.15, 0.2) is 0 Å². The average molecular weight is 230 g/mol. The van der Waals surface area contributed by atoms with Gasteiger partial charge in [0, 0.05) is 0 Å². The normalized spacial score (nSPS) is 9.87. The Kier molecular flexibility index (Phi) is 6.18. The number of aliphatic carboxylic acids is 4. The Morgan fingerprint density at radius 3 is 1.13 bits per heavy atom. The summed E-state index contributed by atoms with van der Waals surface area (Å²) in [5.74, 6) is -8.49. The predicted octanol–water partition coefficient (Wildman–Crippen LogP) is -1.95. The Balaban J connectivity index is 0. The molecule has 0 bridgehead atoms. The number of hydrogen-bond donors (Lipinski definition) is 4. The van der Waals surface area contributed by atoms with Gasteiger partial charge in [0.05, 0.1) is 6.42 Å². The van der Waals surface area contributed by atoms with E-state index < -0.39 is 35.7 Å². The molecule has 9 heteroatoms. The molecule has 0 rings (SSSR count). The van der Waals surface area contributed by atoms with E-state index in [0.717, 1.165) is 0 Å². The van der Waals surface area contributed by atoms with Gasteiger partial charge >= 0.3 is 53.4 Å². The zero-order chi connectivity index (χ0) is 11.5. The quantitative estimate of drug-likeness (QED) is 0.314. The molecule has 8 nitrogen and oxygen atoms in total. The van der Waals surface area contributed by atoms with Gasteiger partial charge in [0.1, 0.15) is 0 Å². The van der Waals surface area contributed by atoms with Gasteiger partial charge in [-0.05, 0) is 0 Å². The zero-order valence-electron chi connectivity index (χ0n) is 6.63. The first-order valence-corrected chi connectivity index (χ1v) is 3.17. The summed E-state index contributed by atoms with van der Waals surface area (Å²) in [6, 6.07) is 0. The molecule has 0 unspecified atom stereocenters. The summed E-state index contributed by atoms with van der Waals surface area (Å²) < 4.78 is 0. The summed E-state index contributed by atoms with van der Waals surface area (Å²) in [6.45, 7) is 0. The summed E-state index contributed by atoms with van der Waals surface area (Å²) in [5.41, 5.74) is -3.33. The van der Waals surface area contributed by atoms with Gasteiger partial charge < -0.3 is 20.4 Å². The van der Waals surface area contributed by atoms with Crippen LogP contribution in [0, 0.1) is 5.41 Å². The number of rotatable bonds is 5. The van der Waals surface area contributed by atoms with Crippen molar-refractivity contribution in [3.05, 3.63) is 0 Å². The predicted molar refractivity (Wildman–Crippen MR) is 44.7 cm³/mol. The van der Waals surface area contributed by atoms with Gasteiger partial charge in [-0.1, -0.05) is 0 Å². The third-order valence-electron chi connectivity index (χ3n) is 1.51. The van der Waals surface area contributed by atoms with Gasteiger partial charge in [-0.15, -0.1) is 0 Å². The minimum atomic E-state index is -3.33. The van der Waals surface area contributed by atoms with Crippen molar-refractivity contribution < 1.29 is 39.6 Å². The summed E-state index contributed by atoms with van der Waals surface area (Å²) >= 11 is 0. The summed E-state index contributed by atoms with van der Waals surface area (Å²) in [5, 5.41) is 33.4. The Morgan fingerprint density at radius 2 is 1.07 bits per heavy atom. The fourth-order valence-corrected chi connectivity index (χ4v) is 0.728. The van der Waals surface area contributed by atoms with Gasteiger partial charge in [-0.3, -0.25) is 19.2 Å². The molecule has 0 aromatic heterocycles. The number of carboxylic acids is 4. The van der Waals surface area contributed by atoms with Crippen molar-refractivity contribution in [2.24, 2.45) is 5.41 Å². The monoisotopic (exact) mass is 230 g/mol. The molecule has 0 atom stereocenters. The van der Waals surface area contributed by atoms with E-state index in [-0.39, 0.29) is 29.6 Å². The van der Waals surface area contributed by atoms with Crippen LogP contribution in [0.2, 0.25) is 0 Å². The fourth-order valence-electron chi connectivity index (χ4n) is 0.728. The second-order valence-electron chi connectivity index (χ2n) is 2.39. The Labute approximate surface area is 105 Å². The van der Waals surface area contributed by atoms with E-state index in [0.29, 0.717) is 0 Å². The third-order valence-corrected chi connectivity index (χ3v) is 1.51. The van der Waals surface area contributed by atoms with Crippen molar-refractivity contribution in [2.75, 3.05) is 0 Å². The molecule has 0 spiro atoms. The van der Waals surface area contributed by atoms with Crippen molar-refractivity contribution in [3.63, 3.8) is 0 Å². The van der Waals surface area contributed by atoms with E-state index in [2.05, 4.69) is 0 Å². The van der Waals surface area contributed by atoms with Crippen LogP contribution >= 0.6 is 0 Å². The molecule has 0 heterocycles. The summed E-state index contributed by atoms with van der Waals surface area (Å²) in [6.07, 6.45) is -1.52. The molecule has 0 aliphatic rings. The van der Waals surface area contributed by atoms with Gasteiger partial charge in [-0.2, -0.15) is 0 Å². The topological polar surface area (TPSA) is 149 Å². The van der Waals surface area contributed by atoms with Crippen LogP contribution in [-0.4, -0.2) is 73.9 Å². The van der Waals surface area contributed by atoms with Crippen molar-refractivity contribution in [1.29, 1.82) is 0 Å². The molecule has 4 N–H and O–H groups in total. The zero-order valence-corrected chi connectivity index (χ0v) is 6.63. The molecule has 0 amide bonds. The van der Waals surface area contributed by atoms with Crippen LogP contribution in [0.25, 0.3) is 0 Å². The Bertz CT molecular complexity index is 272. The molecule has 0 fully saturated rings. The van der Waals surface area contributed by atoms with Crippen molar-refractivity contribution in [1.82, 2.24) is 0 Å². The van der Waals surface area contributed by atoms with E-state index in [1.54, 1.807) is 0 Å².